The van der Waals surface area contributed by atoms with Gasteiger partial charge < -0.3 is 14.5 Å². The molecule has 32 heavy (non-hydrogen) atoms. The van der Waals surface area contributed by atoms with Gasteiger partial charge in [-0.1, -0.05) is 0 Å². The smallest absolute Gasteiger partial charge is 0.161 e. The molecule has 9 heteroatoms. The van der Waals surface area contributed by atoms with Crippen molar-refractivity contribution in [1.82, 2.24) is 19.9 Å². The normalized spacial score (nSPS) is 20.5. The SMILES string of the molecule is CN1CCN(c2cnc3c(c2)CN(c2ncnc4cc(F)c(F)cc24)CC3)CC12COC2. The van der Waals surface area contributed by atoms with Crippen molar-refractivity contribution in [3.63, 3.8) is 0 Å². The highest BCUT2D eigenvalue weighted by Crippen LogP contribution is 2.33. The average Bonchev–Trinajstić information content (AvgIpc) is 2.78. The number of rotatable bonds is 2. The first-order valence-corrected chi connectivity index (χ1v) is 10.9. The molecule has 1 aromatic carbocycles. The summed E-state index contributed by atoms with van der Waals surface area (Å²) < 4.78 is 33.1. The Morgan fingerprint density at radius 2 is 1.81 bits per heavy atom. The second kappa shape index (κ2) is 7.31. The molecule has 0 N–H and O–H groups in total. The van der Waals surface area contributed by atoms with Crippen LogP contribution in [0.4, 0.5) is 20.3 Å². The minimum atomic E-state index is -0.901. The van der Waals surface area contributed by atoms with Crippen LogP contribution in [-0.2, 0) is 17.7 Å². The number of fused-ring (bicyclic) bond motifs is 2. The quantitative estimate of drug-likeness (QED) is 0.609. The van der Waals surface area contributed by atoms with Crippen molar-refractivity contribution >= 4 is 22.4 Å². The Labute approximate surface area is 184 Å². The minimum absolute atomic E-state index is 0.0966. The lowest BCUT2D eigenvalue weighted by Gasteiger charge is -2.54. The Morgan fingerprint density at radius 3 is 2.62 bits per heavy atom. The lowest BCUT2D eigenvalue weighted by atomic mass is 9.92. The van der Waals surface area contributed by atoms with Gasteiger partial charge >= 0.3 is 0 Å². The van der Waals surface area contributed by atoms with Crippen LogP contribution in [0.1, 0.15) is 11.3 Å². The third-order valence-corrected chi connectivity index (χ3v) is 7.09. The van der Waals surface area contributed by atoms with Gasteiger partial charge in [0.05, 0.1) is 36.2 Å². The summed E-state index contributed by atoms with van der Waals surface area (Å²) in [5.74, 6) is -1.17. The van der Waals surface area contributed by atoms with Crippen LogP contribution < -0.4 is 9.80 Å². The Morgan fingerprint density at radius 1 is 0.969 bits per heavy atom. The minimum Gasteiger partial charge on any atom is -0.377 e. The number of aromatic nitrogens is 3. The molecule has 166 valence electrons. The molecule has 3 aliphatic heterocycles. The van der Waals surface area contributed by atoms with E-state index in [-0.39, 0.29) is 5.54 Å². The van der Waals surface area contributed by atoms with E-state index in [2.05, 4.69) is 37.8 Å². The van der Waals surface area contributed by atoms with Gasteiger partial charge in [-0.25, -0.2) is 18.7 Å². The number of nitrogens with zero attached hydrogens (tertiary/aromatic N) is 6. The molecule has 3 aliphatic rings. The summed E-state index contributed by atoms with van der Waals surface area (Å²) in [4.78, 5) is 20.2. The van der Waals surface area contributed by atoms with Gasteiger partial charge in [-0.05, 0) is 24.7 Å². The fraction of sp³-hybridized carbons (Fsp3) is 0.435. The van der Waals surface area contributed by atoms with Crippen LogP contribution >= 0.6 is 0 Å². The zero-order chi connectivity index (χ0) is 21.9. The molecule has 0 bridgehead atoms. The fourth-order valence-electron chi connectivity index (χ4n) is 4.99. The molecule has 6 rings (SSSR count). The second-order valence-electron chi connectivity index (χ2n) is 9.01. The van der Waals surface area contributed by atoms with Gasteiger partial charge in [0.2, 0.25) is 0 Å². The first kappa shape index (κ1) is 19.8. The van der Waals surface area contributed by atoms with E-state index in [1.165, 1.54) is 12.4 Å². The van der Waals surface area contributed by atoms with E-state index in [4.69, 9.17) is 9.72 Å². The highest BCUT2D eigenvalue weighted by Gasteiger charge is 2.46. The summed E-state index contributed by atoms with van der Waals surface area (Å²) in [6, 6.07) is 4.53. The lowest BCUT2D eigenvalue weighted by Crippen LogP contribution is -2.70. The van der Waals surface area contributed by atoms with Gasteiger partial charge in [-0.3, -0.25) is 9.88 Å². The largest absolute Gasteiger partial charge is 0.377 e. The standard InChI is InChI=1S/C23H24F2N6O/c1-29-4-5-31(11-23(29)12-32-13-23)16-6-15-10-30(3-2-20(15)26-9-16)22-17-7-18(24)19(25)8-21(17)27-14-28-22/h6-9,14H,2-5,10-13H2,1H3. The maximum Gasteiger partial charge on any atom is 0.161 e. The molecule has 2 aromatic heterocycles. The van der Waals surface area contributed by atoms with E-state index in [1.807, 2.05) is 6.20 Å². The van der Waals surface area contributed by atoms with E-state index in [9.17, 15) is 8.78 Å². The van der Waals surface area contributed by atoms with Crippen LogP contribution in [0.25, 0.3) is 10.9 Å². The Kier molecular flexibility index (Phi) is 4.51. The van der Waals surface area contributed by atoms with Crippen molar-refractivity contribution in [3.05, 3.63) is 53.6 Å². The summed E-state index contributed by atoms with van der Waals surface area (Å²) >= 11 is 0. The van der Waals surface area contributed by atoms with E-state index in [0.29, 0.717) is 29.8 Å². The van der Waals surface area contributed by atoms with Crippen molar-refractivity contribution in [2.75, 3.05) is 56.2 Å². The van der Waals surface area contributed by atoms with Crippen LogP contribution in [-0.4, -0.2) is 71.8 Å². The second-order valence-corrected chi connectivity index (χ2v) is 9.01. The number of benzene rings is 1. The molecule has 5 heterocycles. The highest BCUT2D eigenvalue weighted by atomic mass is 19.2. The molecule has 0 unspecified atom stereocenters. The van der Waals surface area contributed by atoms with Crippen molar-refractivity contribution in [2.45, 2.75) is 18.5 Å². The van der Waals surface area contributed by atoms with Crippen LogP contribution in [0.3, 0.4) is 0 Å². The molecule has 2 saturated heterocycles. The monoisotopic (exact) mass is 438 g/mol. The van der Waals surface area contributed by atoms with Gasteiger partial charge in [0.1, 0.15) is 12.1 Å². The average molecular weight is 438 g/mol. The predicted octanol–water partition coefficient (Wildman–Crippen LogP) is 2.39. The zero-order valence-corrected chi connectivity index (χ0v) is 17.9. The number of pyridine rings is 1. The highest BCUT2D eigenvalue weighted by molar-refractivity contribution is 5.89. The number of hydrogen-bond acceptors (Lipinski definition) is 7. The summed E-state index contributed by atoms with van der Waals surface area (Å²) in [5.41, 5.74) is 3.83. The first-order valence-electron chi connectivity index (χ1n) is 10.9. The summed E-state index contributed by atoms with van der Waals surface area (Å²) in [5, 5.41) is 0.518. The zero-order valence-electron chi connectivity index (χ0n) is 17.9. The molecule has 0 saturated carbocycles. The molecule has 2 fully saturated rings. The summed E-state index contributed by atoms with van der Waals surface area (Å²) in [6.45, 7) is 5.72. The van der Waals surface area contributed by atoms with E-state index >= 15 is 0 Å². The Balaban J connectivity index is 1.30. The van der Waals surface area contributed by atoms with Crippen molar-refractivity contribution in [2.24, 2.45) is 0 Å². The molecular weight excluding hydrogens is 414 g/mol. The Hall–Kier alpha value is -2.91. The van der Waals surface area contributed by atoms with Crippen molar-refractivity contribution < 1.29 is 13.5 Å². The number of likely N-dealkylation sites (N-methyl/N-ethyl adjacent to an activating group) is 1. The third kappa shape index (κ3) is 3.10. The van der Waals surface area contributed by atoms with E-state index in [0.717, 1.165) is 62.3 Å². The van der Waals surface area contributed by atoms with Gasteiger partial charge in [0.15, 0.2) is 11.6 Å². The van der Waals surface area contributed by atoms with Crippen LogP contribution in [0.15, 0.2) is 30.7 Å². The molecule has 3 aromatic rings. The molecule has 0 aliphatic carbocycles. The van der Waals surface area contributed by atoms with Crippen molar-refractivity contribution in [1.29, 1.82) is 0 Å². The first-order chi connectivity index (χ1) is 15.5. The number of halogens is 2. The molecule has 0 radical (unpaired) electrons. The lowest BCUT2D eigenvalue weighted by molar-refractivity contribution is -0.134. The predicted molar refractivity (Wildman–Crippen MR) is 117 cm³/mol. The Bertz CT molecular complexity index is 1200. The van der Waals surface area contributed by atoms with Crippen LogP contribution in [0.5, 0.6) is 0 Å². The number of hydrogen-bond donors (Lipinski definition) is 0. The molecule has 7 nitrogen and oxygen atoms in total. The van der Waals surface area contributed by atoms with Gasteiger partial charge in [0.25, 0.3) is 0 Å². The third-order valence-electron chi connectivity index (χ3n) is 7.09. The van der Waals surface area contributed by atoms with Gasteiger partial charge in [-0.15, -0.1) is 0 Å². The van der Waals surface area contributed by atoms with Crippen molar-refractivity contribution in [3.8, 4) is 0 Å². The van der Waals surface area contributed by atoms with Gasteiger partial charge in [0, 0.05) is 56.3 Å². The number of anilines is 2. The van der Waals surface area contributed by atoms with E-state index < -0.39 is 11.6 Å². The van der Waals surface area contributed by atoms with Gasteiger partial charge in [-0.2, -0.15) is 0 Å². The fourth-order valence-corrected chi connectivity index (χ4v) is 4.99. The van der Waals surface area contributed by atoms with E-state index in [1.54, 1.807) is 0 Å². The number of ether oxygens (including phenoxy) is 1. The maximum absolute atomic E-state index is 13.9. The van der Waals surface area contributed by atoms with Crippen LogP contribution in [0, 0.1) is 11.6 Å². The molecular formula is C23H24F2N6O. The van der Waals surface area contributed by atoms with Crippen LogP contribution in [0.2, 0.25) is 0 Å². The molecule has 0 amide bonds. The summed E-state index contributed by atoms with van der Waals surface area (Å²) in [7, 11) is 2.17. The number of piperazine rings is 1. The maximum atomic E-state index is 13.9. The topological polar surface area (TPSA) is 57.6 Å². The summed E-state index contributed by atoms with van der Waals surface area (Å²) in [6.07, 6.45) is 4.15. The molecule has 1 spiro atoms. The molecule has 0 atom stereocenters.